The van der Waals surface area contributed by atoms with Crippen molar-refractivity contribution in [1.29, 1.82) is 0 Å². The number of hydrogen-bond donors (Lipinski definition) is 2. The Morgan fingerprint density at radius 2 is 1.50 bits per heavy atom. The molecule has 0 bridgehead atoms. The summed E-state index contributed by atoms with van der Waals surface area (Å²) in [5, 5.41) is 5.36. The fraction of sp³-hybridized carbons (Fsp3) is 0. The van der Waals surface area contributed by atoms with Gasteiger partial charge in [0.25, 0.3) is 11.8 Å². The Hall–Kier alpha value is -3.41. The predicted octanol–water partition coefficient (Wildman–Crippen LogP) is 3.92. The van der Waals surface area contributed by atoms with Crippen LogP contribution < -0.4 is 10.6 Å². The van der Waals surface area contributed by atoms with Crippen LogP contribution in [0, 0.1) is 5.82 Å². The van der Waals surface area contributed by atoms with Gasteiger partial charge >= 0.3 is 0 Å². The number of amides is 2. The normalized spacial score (nSPS) is 10.2. The molecule has 0 aliphatic carbocycles. The maximum atomic E-state index is 12.9. The summed E-state index contributed by atoms with van der Waals surface area (Å²) in [5.41, 5.74) is 1.34. The molecule has 3 rings (SSSR count). The molecule has 1 aromatic heterocycles. The first-order chi connectivity index (χ1) is 11.6. The first-order valence-electron chi connectivity index (χ1n) is 7.14. The summed E-state index contributed by atoms with van der Waals surface area (Å²) in [7, 11) is 0. The highest BCUT2D eigenvalue weighted by Gasteiger charge is 2.10. The minimum absolute atomic E-state index is 0.191. The van der Waals surface area contributed by atoms with Crippen LogP contribution in [-0.2, 0) is 0 Å². The Morgan fingerprint density at radius 3 is 2.12 bits per heavy atom. The van der Waals surface area contributed by atoms with E-state index >= 15 is 0 Å². The summed E-state index contributed by atoms with van der Waals surface area (Å²) in [6, 6.07) is 15.1. The molecule has 120 valence electrons. The smallest absolute Gasteiger partial charge is 0.291 e. The molecule has 0 aliphatic heterocycles. The average Bonchev–Trinajstić information content (AvgIpc) is 3.10. The maximum absolute atomic E-state index is 12.9. The monoisotopic (exact) mass is 324 g/mol. The van der Waals surface area contributed by atoms with Gasteiger partial charge in [-0.2, -0.15) is 0 Å². The largest absolute Gasteiger partial charge is 0.459 e. The third-order valence-corrected chi connectivity index (χ3v) is 3.23. The molecule has 0 radical (unpaired) electrons. The number of nitrogens with one attached hydrogen (secondary N) is 2. The van der Waals surface area contributed by atoms with Crippen LogP contribution in [0.25, 0.3) is 0 Å². The summed E-state index contributed by atoms with van der Waals surface area (Å²) in [6.45, 7) is 0. The standard InChI is InChI=1S/C18H13FN2O3/c19-13-8-6-12(7-9-13)17(22)20-14-3-1-4-15(11-14)21-18(23)16-5-2-10-24-16/h1-11H,(H,20,22)(H,21,23). The second-order valence-corrected chi connectivity index (χ2v) is 4.97. The summed E-state index contributed by atoms with van der Waals surface area (Å²) < 4.78 is 17.9. The second-order valence-electron chi connectivity index (χ2n) is 4.97. The van der Waals surface area contributed by atoms with E-state index in [4.69, 9.17) is 4.42 Å². The van der Waals surface area contributed by atoms with Crippen LogP contribution in [0.2, 0.25) is 0 Å². The molecule has 24 heavy (non-hydrogen) atoms. The molecule has 0 saturated heterocycles. The minimum Gasteiger partial charge on any atom is -0.459 e. The maximum Gasteiger partial charge on any atom is 0.291 e. The van der Waals surface area contributed by atoms with Gasteiger partial charge in [0.1, 0.15) is 5.82 Å². The van der Waals surface area contributed by atoms with E-state index in [0.29, 0.717) is 16.9 Å². The number of carbonyl (C=O) groups is 2. The van der Waals surface area contributed by atoms with Crippen molar-refractivity contribution >= 4 is 23.2 Å². The molecule has 0 unspecified atom stereocenters. The number of anilines is 2. The van der Waals surface area contributed by atoms with Gasteiger partial charge in [-0.3, -0.25) is 9.59 Å². The Balaban J connectivity index is 1.70. The fourth-order valence-electron chi connectivity index (χ4n) is 2.08. The van der Waals surface area contributed by atoms with Crippen molar-refractivity contribution in [2.45, 2.75) is 0 Å². The number of hydrogen-bond acceptors (Lipinski definition) is 3. The minimum atomic E-state index is -0.408. The molecule has 2 aromatic carbocycles. The molecule has 1 heterocycles. The molecule has 2 amide bonds. The lowest BCUT2D eigenvalue weighted by atomic mass is 10.2. The molecular weight excluding hydrogens is 311 g/mol. The predicted molar refractivity (Wildman–Crippen MR) is 87.5 cm³/mol. The van der Waals surface area contributed by atoms with Gasteiger partial charge in [-0.25, -0.2) is 4.39 Å². The van der Waals surface area contributed by atoms with Crippen LogP contribution in [0.5, 0.6) is 0 Å². The number of furan rings is 1. The topological polar surface area (TPSA) is 71.3 Å². The Kier molecular flexibility index (Phi) is 4.38. The van der Waals surface area contributed by atoms with E-state index in [1.54, 1.807) is 36.4 Å². The van der Waals surface area contributed by atoms with Gasteiger partial charge in [-0.05, 0) is 54.6 Å². The van der Waals surface area contributed by atoms with Crippen LogP contribution in [-0.4, -0.2) is 11.8 Å². The van der Waals surface area contributed by atoms with Gasteiger partial charge in [-0.1, -0.05) is 6.07 Å². The van der Waals surface area contributed by atoms with Crippen molar-refractivity contribution in [2.75, 3.05) is 10.6 Å². The molecule has 0 spiro atoms. The van der Waals surface area contributed by atoms with Crippen LogP contribution in [0.4, 0.5) is 15.8 Å². The molecule has 2 N–H and O–H groups in total. The molecule has 0 fully saturated rings. The SMILES string of the molecule is O=C(Nc1cccc(NC(=O)c2ccco2)c1)c1ccc(F)cc1. The summed E-state index contributed by atoms with van der Waals surface area (Å²) in [6.07, 6.45) is 1.41. The van der Waals surface area contributed by atoms with Gasteiger partial charge in [0, 0.05) is 16.9 Å². The number of benzene rings is 2. The van der Waals surface area contributed by atoms with E-state index < -0.39 is 5.82 Å². The lowest BCUT2D eigenvalue weighted by molar-refractivity contribution is 0.0995. The molecular formula is C18H13FN2O3. The van der Waals surface area contributed by atoms with E-state index in [9.17, 15) is 14.0 Å². The molecule has 0 atom stereocenters. The fourth-order valence-corrected chi connectivity index (χ4v) is 2.08. The molecule has 0 saturated carbocycles. The Morgan fingerprint density at radius 1 is 0.833 bits per heavy atom. The van der Waals surface area contributed by atoms with Crippen LogP contribution >= 0.6 is 0 Å². The van der Waals surface area contributed by atoms with E-state index in [1.807, 2.05) is 0 Å². The molecule has 6 heteroatoms. The first kappa shape index (κ1) is 15.5. The summed E-state index contributed by atoms with van der Waals surface area (Å²) in [5.74, 6) is -0.976. The van der Waals surface area contributed by atoms with Crippen molar-refractivity contribution in [2.24, 2.45) is 0 Å². The quantitative estimate of drug-likeness (QED) is 0.764. The summed E-state index contributed by atoms with van der Waals surface area (Å²) in [4.78, 5) is 24.0. The van der Waals surface area contributed by atoms with E-state index in [0.717, 1.165) is 0 Å². The van der Waals surface area contributed by atoms with Gasteiger partial charge in [0.05, 0.1) is 6.26 Å². The Labute approximate surface area is 137 Å². The van der Waals surface area contributed by atoms with Crippen molar-refractivity contribution in [3.8, 4) is 0 Å². The molecule has 5 nitrogen and oxygen atoms in total. The second kappa shape index (κ2) is 6.78. The highest BCUT2D eigenvalue weighted by molar-refractivity contribution is 6.05. The zero-order valence-electron chi connectivity index (χ0n) is 12.5. The van der Waals surface area contributed by atoms with Crippen LogP contribution in [0.3, 0.4) is 0 Å². The lowest BCUT2D eigenvalue weighted by Crippen LogP contribution is -2.13. The molecule has 0 aliphatic rings. The van der Waals surface area contributed by atoms with E-state index in [1.165, 1.54) is 30.5 Å². The molecule has 3 aromatic rings. The highest BCUT2D eigenvalue weighted by Crippen LogP contribution is 2.17. The van der Waals surface area contributed by atoms with Gasteiger partial charge < -0.3 is 15.1 Å². The third kappa shape index (κ3) is 3.67. The zero-order valence-corrected chi connectivity index (χ0v) is 12.5. The highest BCUT2D eigenvalue weighted by atomic mass is 19.1. The zero-order chi connectivity index (χ0) is 16.9. The van der Waals surface area contributed by atoms with Gasteiger partial charge in [0.2, 0.25) is 0 Å². The number of halogens is 1. The first-order valence-corrected chi connectivity index (χ1v) is 7.14. The summed E-state index contributed by atoms with van der Waals surface area (Å²) >= 11 is 0. The van der Waals surface area contributed by atoms with Crippen LogP contribution in [0.15, 0.2) is 71.3 Å². The van der Waals surface area contributed by atoms with Crippen LogP contribution in [0.1, 0.15) is 20.9 Å². The van der Waals surface area contributed by atoms with E-state index in [-0.39, 0.29) is 17.6 Å². The lowest BCUT2D eigenvalue weighted by Gasteiger charge is -2.08. The van der Waals surface area contributed by atoms with Gasteiger partial charge in [0.15, 0.2) is 5.76 Å². The van der Waals surface area contributed by atoms with Crippen molar-refractivity contribution in [3.05, 3.63) is 84.1 Å². The van der Waals surface area contributed by atoms with E-state index in [2.05, 4.69) is 10.6 Å². The average molecular weight is 324 g/mol. The van der Waals surface area contributed by atoms with Crippen molar-refractivity contribution in [1.82, 2.24) is 0 Å². The Bertz CT molecular complexity index is 858. The third-order valence-electron chi connectivity index (χ3n) is 3.23. The number of carbonyl (C=O) groups excluding carboxylic acids is 2. The van der Waals surface area contributed by atoms with Crippen molar-refractivity contribution < 1.29 is 18.4 Å². The van der Waals surface area contributed by atoms with Gasteiger partial charge in [-0.15, -0.1) is 0 Å². The number of rotatable bonds is 4. The van der Waals surface area contributed by atoms with Crippen molar-refractivity contribution in [3.63, 3.8) is 0 Å².